The fraction of sp³-hybridized carbons (Fsp3) is 0.310. The van der Waals surface area contributed by atoms with Crippen molar-refractivity contribution in [2.75, 3.05) is 36.9 Å². The van der Waals surface area contributed by atoms with Crippen LogP contribution >= 0.6 is 0 Å². The number of amides is 2. The monoisotopic (exact) mass is 487 g/mol. The van der Waals surface area contributed by atoms with Gasteiger partial charge in [0.05, 0.1) is 19.3 Å². The summed E-state index contributed by atoms with van der Waals surface area (Å²) >= 11 is 0. The molecule has 3 N–H and O–H groups in total. The van der Waals surface area contributed by atoms with Gasteiger partial charge in [0, 0.05) is 36.2 Å². The number of hydrogen-bond donors (Lipinski definition) is 3. The molecule has 2 amide bonds. The predicted octanol–water partition coefficient (Wildman–Crippen LogP) is 4.66. The zero-order valence-corrected chi connectivity index (χ0v) is 20.4. The molecule has 1 heterocycles. The highest BCUT2D eigenvalue weighted by Crippen LogP contribution is 2.18. The van der Waals surface area contributed by atoms with Gasteiger partial charge in [-0.05, 0) is 67.6 Å². The van der Waals surface area contributed by atoms with E-state index in [0.717, 1.165) is 43.7 Å². The Morgan fingerprint density at radius 3 is 2.56 bits per heavy atom. The first-order chi connectivity index (χ1) is 17.7. The molecule has 3 aromatic rings. The molecule has 188 valence electrons. The van der Waals surface area contributed by atoms with Crippen LogP contribution in [0.25, 0.3) is 0 Å². The van der Waals surface area contributed by atoms with Crippen molar-refractivity contribution < 1.29 is 19.1 Å². The summed E-state index contributed by atoms with van der Waals surface area (Å²) in [5, 5.41) is 8.88. The summed E-state index contributed by atoms with van der Waals surface area (Å²) < 4.78 is 11.4. The van der Waals surface area contributed by atoms with Gasteiger partial charge in [-0.1, -0.05) is 36.4 Å². The van der Waals surface area contributed by atoms with E-state index < -0.39 is 0 Å². The lowest BCUT2D eigenvalue weighted by atomic mass is 10.1. The van der Waals surface area contributed by atoms with Crippen LogP contribution in [0.5, 0.6) is 5.75 Å². The Labute approximate surface area is 212 Å². The van der Waals surface area contributed by atoms with E-state index in [1.54, 1.807) is 24.3 Å². The second-order valence-electron chi connectivity index (χ2n) is 8.79. The summed E-state index contributed by atoms with van der Waals surface area (Å²) in [7, 11) is 0. The van der Waals surface area contributed by atoms with Gasteiger partial charge in [-0.15, -0.1) is 0 Å². The highest BCUT2D eigenvalue weighted by atomic mass is 16.5. The number of carbonyl (C=O) groups is 2. The van der Waals surface area contributed by atoms with Crippen molar-refractivity contribution in [3.05, 3.63) is 90.0 Å². The Morgan fingerprint density at radius 2 is 1.78 bits per heavy atom. The Balaban J connectivity index is 1.16. The number of nitrogens with one attached hydrogen (secondary N) is 3. The highest BCUT2D eigenvalue weighted by molar-refractivity contribution is 5.95. The minimum Gasteiger partial charge on any atom is -0.494 e. The summed E-state index contributed by atoms with van der Waals surface area (Å²) in [6.45, 7) is 2.00. The quantitative estimate of drug-likeness (QED) is 0.324. The van der Waals surface area contributed by atoms with Crippen LogP contribution < -0.4 is 20.7 Å². The van der Waals surface area contributed by atoms with Crippen LogP contribution in [0.4, 0.5) is 11.4 Å². The van der Waals surface area contributed by atoms with Gasteiger partial charge in [0.2, 0.25) is 5.91 Å². The van der Waals surface area contributed by atoms with E-state index in [2.05, 4.69) is 28.1 Å². The molecular weight excluding hydrogens is 454 g/mol. The zero-order valence-electron chi connectivity index (χ0n) is 20.4. The van der Waals surface area contributed by atoms with Crippen LogP contribution in [-0.2, 0) is 16.0 Å². The van der Waals surface area contributed by atoms with E-state index in [1.165, 1.54) is 5.56 Å². The average Bonchev–Trinajstić information content (AvgIpc) is 3.44. The third kappa shape index (κ3) is 8.13. The van der Waals surface area contributed by atoms with E-state index in [0.29, 0.717) is 24.4 Å². The fourth-order valence-electron chi connectivity index (χ4n) is 4.02. The van der Waals surface area contributed by atoms with Crippen LogP contribution in [-0.4, -0.2) is 44.2 Å². The Hall–Kier alpha value is -3.84. The maximum Gasteiger partial charge on any atom is 0.251 e. The molecule has 1 unspecified atom stereocenters. The van der Waals surface area contributed by atoms with Crippen molar-refractivity contribution in [2.45, 2.75) is 31.8 Å². The summed E-state index contributed by atoms with van der Waals surface area (Å²) in [6.07, 6.45) is 4.02. The molecule has 0 aromatic heterocycles. The van der Waals surface area contributed by atoms with Gasteiger partial charge >= 0.3 is 0 Å². The number of anilines is 2. The number of ether oxygens (including phenoxy) is 2. The summed E-state index contributed by atoms with van der Waals surface area (Å²) in [5.74, 6) is 0.425. The molecule has 0 bridgehead atoms. The maximum absolute atomic E-state index is 12.4. The lowest BCUT2D eigenvalue weighted by Crippen LogP contribution is -2.31. The average molecular weight is 488 g/mol. The molecule has 7 heteroatoms. The molecular formula is C29H33N3O4. The molecule has 1 aliphatic heterocycles. The third-order valence-corrected chi connectivity index (χ3v) is 5.95. The first-order valence-corrected chi connectivity index (χ1v) is 12.5. The third-order valence-electron chi connectivity index (χ3n) is 5.95. The minimum atomic E-state index is -0.172. The minimum absolute atomic E-state index is 0.104. The van der Waals surface area contributed by atoms with Crippen LogP contribution in [0, 0.1) is 0 Å². The second kappa shape index (κ2) is 13.3. The molecule has 4 rings (SSSR count). The molecule has 7 nitrogen and oxygen atoms in total. The van der Waals surface area contributed by atoms with Gasteiger partial charge in [-0.25, -0.2) is 0 Å². The van der Waals surface area contributed by atoms with E-state index in [1.807, 2.05) is 42.5 Å². The van der Waals surface area contributed by atoms with Crippen LogP contribution in [0.2, 0.25) is 0 Å². The summed E-state index contributed by atoms with van der Waals surface area (Å²) in [6, 6.07) is 24.8. The number of hydrogen-bond acceptors (Lipinski definition) is 5. The summed E-state index contributed by atoms with van der Waals surface area (Å²) in [4.78, 5) is 24.7. The molecule has 1 saturated heterocycles. The second-order valence-corrected chi connectivity index (χ2v) is 8.79. The molecule has 1 atom stereocenters. The normalized spacial score (nSPS) is 14.7. The molecule has 0 spiro atoms. The molecule has 0 aliphatic carbocycles. The lowest BCUT2D eigenvalue weighted by Gasteiger charge is -2.12. The Kier molecular flexibility index (Phi) is 9.33. The van der Waals surface area contributed by atoms with Gasteiger partial charge in [0.15, 0.2) is 0 Å². The van der Waals surface area contributed by atoms with E-state index in [4.69, 9.17) is 9.47 Å². The van der Waals surface area contributed by atoms with Crippen molar-refractivity contribution in [3.63, 3.8) is 0 Å². The largest absolute Gasteiger partial charge is 0.494 e. The predicted molar refractivity (Wildman–Crippen MR) is 142 cm³/mol. The smallest absolute Gasteiger partial charge is 0.251 e. The Morgan fingerprint density at radius 1 is 0.944 bits per heavy atom. The first kappa shape index (κ1) is 25.3. The van der Waals surface area contributed by atoms with Crippen molar-refractivity contribution in [1.82, 2.24) is 5.32 Å². The standard InChI is InChI=1S/C29H33N3O4/c33-28(21-30-24-15-13-23(14-16-24)29(34)31-20-27-12-6-18-36-27)32-25-10-4-11-26(19-25)35-17-5-9-22-7-2-1-3-8-22/h1-4,7-8,10-11,13-16,19,27,30H,5-6,9,12,17-18,20-21H2,(H,31,34)(H,32,33). The molecule has 0 radical (unpaired) electrons. The molecule has 1 aliphatic rings. The number of carbonyl (C=O) groups excluding carboxylic acids is 2. The fourth-order valence-corrected chi connectivity index (χ4v) is 4.02. The van der Waals surface area contributed by atoms with Crippen LogP contribution in [0.1, 0.15) is 35.2 Å². The zero-order chi connectivity index (χ0) is 25.0. The SMILES string of the molecule is O=C(CNc1ccc(C(=O)NCC2CCCO2)cc1)Nc1cccc(OCCCc2ccccc2)c1. The lowest BCUT2D eigenvalue weighted by molar-refractivity contribution is -0.114. The topological polar surface area (TPSA) is 88.7 Å². The molecule has 1 fully saturated rings. The number of aryl methyl sites for hydroxylation is 1. The van der Waals surface area contributed by atoms with Crippen molar-refractivity contribution in [3.8, 4) is 5.75 Å². The maximum atomic E-state index is 12.4. The van der Waals surface area contributed by atoms with Crippen molar-refractivity contribution in [2.24, 2.45) is 0 Å². The van der Waals surface area contributed by atoms with E-state index in [-0.39, 0.29) is 24.5 Å². The van der Waals surface area contributed by atoms with E-state index in [9.17, 15) is 9.59 Å². The van der Waals surface area contributed by atoms with Crippen LogP contribution in [0.15, 0.2) is 78.9 Å². The highest BCUT2D eigenvalue weighted by Gasteiger charge is 2.16. The van der Waals surface area contributed by atoms with Crippen molar-refractivity contribution >= 4 is 23.2 Å². The van der Waals surface area contributed by atoms with Crippen LogP contribution in [0.3, 0.4) is 0 Å². The van der Waals surface area contributed by atoms with Gasteiger partial charge in [0.1, 0.15) is 5.75 Å². The molecule has 3 aromatic carbocycles. The Bertz CT molecular complexity index is 1110. The molecule has 0 saturated carbocycles. The first-order valence-electron chi connectivity index (χ1n) is 12.5. The number of benzene rings is 3. The van der Waals surface area contributed by atoms with Crippen molar-refractivity contribution in [1.29, 1.82) is 0 Å². The van der Waals surface area contributed by atoms with Gasteiger partial charge in [-0.2, -0.15) is 0 Å². The van der Waals surface area contributed by atoms with Gasteiger partial charge in [-0.3, -0.25) is 9.59 Å². The molecule has 36 heavy (non-hydrogen) atoms. The number of rotatable bonds is 12. The van der Waals surface area contributed by atoms with Gasteiger partial charge < -0.3 is 25.4 Å². The van der Waals surface area contributed by atoms with E-state index >= 15 is 0 Å². The summed E-state index contributed by atoms with van der Waals surface area (Å²) in [5.41, 5.74) is 3.31. The van der Waals surface area contributed by atoms with Gasteiger partial charge in [0.25, 0.3) is 5.91 Å².